The van der Waals surface area contributed by atoms with Crippen LogP contribution in [0.25, 0.3) is 10.2 Å². The van der Waals surface area contributed by atoms with Crippen molar-refractivity contribution in [1.29, 1.82) is 0 Å². The lowest BCUT2D eigenvalue weighted by Gasteiger charge is -2.04. The minimum absolute atomic E-state index is 0.283. The van der Waals surface area contributed by atoms with E-state index in [0.717, 1.165) is 29.0 Å². The average molecular weight is 240 g/mol. The van der Waals surface area contributed by atoms with Gasteiger partial charge in [0, 0.05) is 6.54 Å². The number of aromatic nitrogens is 2. The van der Waals surface area contributed by atoms with Gasteiger partial charge in [-0.3, -0.25) is 0 Å². The lowest BCUT2D eigenvalue weighted by molar-refractivity contribution is 1.05. The molecule has 0 saturated carbocycles. The first-order valence-corrected chi connectivity index (χ1v) is 5.82. The second-order valence-electron chi connectivity index (χ2n) is 2.98. The van der Waals surface area contributed by atoms with Crippen LogP contribution in [0.4, 0.5) is 5.82 Å². The molecule has 15 heavy (non-hydrogen) atoms. The van der Waals surface area contributed by atoms with Crippen molar-refractivity contribution in [1.82, 2.24) is 9.97 Å². The van der Waals surface area contributed by atoms with Crippen molar-refractivity contribution >= 4 is 39.0 Å². The Morgan fingerprint density at radius 2 is 2.40 bits per heavy atom. The first kappa shape index (κ1) is 10.4. The molecule has 0 aliphatic heterocycles. The molecule has 0 aliphatic carbocycles. The Labute approximate surface area is 96.8 Å². The highest BCUT2D eigenvalue weighted by Crippen LogP contribution is 2.26. The molecule has 2 aromatic heterocycles. The molecule has 78 valence electrons. The van der Waals surface area contributed by atoms with Crippen LogP contribution in [0.15, 0.2) is 24.1 Å². The van der Waals surface area contributed by atoms with Crippen LogP contribution in [-0.2, 0) is 0 Å². The summed E-state index contributed by atoms with van der Waals surface area (Å²) in [5.41, 5.74) is 0. The number of fused-ring (bicyclic) bond motifs is 1. The Morgan fingerprint density at radius 3 is 3.20 bits per heavy atom. The number of rotatable bonds is 4. The van der Waals surface area contributed by atoms with E-state index in [9.17, 15) is 0 Å². The highest BCUT2D eigenvalue weighted by Gasteiger charge is 2.06. The fourth-order valence-electron chi connectivity index (χ4n) is 1.26. The molecule has 0 unspecified atom stereocenters. The quantitative estimate of drug-likeness (QED) is 0.505. The van der Waals surface area contributed by atoms with Gasteiger partial charge in [-0.05, 0) is 29.5 Å². The number of anilines is 1. The van der Waals surface area contributed by atoms with Gasteiger partial charge in [-0.25, -0.2) is 9.97 Å². The molecule has 0 spiro atoms. The van der Waals surface area contributed by atoms with E-state index in [1.54, 1.807) is 11.3 Å². The molecule has 0 radical (unpaired) electrons. The Morgan fingerprint density at radius 1 is 1.53 bits per heavy atom. The topological polar surface area (TPSA) is 37.8 Å². The second kappa shape index (κ2) is 4.59. The van der Waals surface area contributed by atoms with E-state index in [1.807, 2.05) is 17.5 Å². The highest BCUT2D eigenvalue weighted by molar-refractivity contribution is 7.16. The molecule has 0 aliphatic rings. The van der Waals surface area contributed by atoms with Gasteiger partial charge in [0.05, 0.1) is 5.39 Å². The summed E-state index contributed by atoms with van der Waals surface area (Å²) >= 11 is 7.38. The van der Waals surface area contributed by atoms with E-state index in [-0.39, 0.29) is 5.28 Å². The zero-order chi connectivity index (χ0) is 10.7. The van der Waals surface area contributed by atoms with Crippen molar-refractivity contribution in [3.8, 4) is 0 Å². The van der Waals surface area contributed by atoms with E-state index < -0.39 is 0 Å². The fourth-order valence-corrected chi connectivity index (χ4v) is 2.24. The predicted octanol–water partition coefficient (Wildman–Crippen LogP) is 3.33. The molecule has 0 bridgehead atoms. The van der Waals surface area contributed by atoms with E-state index in [1.165, 1.54) is 0 Å². The number of hydrogen-bond acceptors (Lipinski definition) is 4. The summed E-state index contributed by atoms with van der Waals surface area (Å²) < 4.78 is 0. The lowest BCUT2D eigenvalue weighted by Crippen LogP contribution is -2.03. The molecule has 0 amide bonds. The molecule has 0 saturated heterocycles. The summed E-state index contributed by atoms with van der Waals surface area (Å²) in [5, 5.41) is 6.50. The molecule has 2 aromatic rings. The minimum Gasteiger partial charge on any atom is -0.369 e. The Kier molecular flexibility index (Phi) is 3.18. The van der Waals surface area contributed by atoms with Crippen LogP contribution < -0.4 is 5.32 Å². The zero-order valence-corrected chi connectivity index (χ0v) is 9.61. The molecule has 1 N–H and O–H groups in total. The number of nitrogens with one attached hydrogen (secondary N) is 1. The van der Waals surface area contributed by atoms with Gasteiger partial charge in [-0.15, -0.1) is 17.9 Å². The number of thiophene rings is 1. The van der Waals surface area contributed by atoms with Crippen LogP contribution in [0.2, 0.25) is 5.28 Å². The van der Waals surface area contributed by atoms with Gasteiger partial charge >= 0.3 is 0 Å². The molecular formula is C10H10ClN3S. The normalized spacial score (nSPS) is 10.5. The third-order valence-electron chi connectivity index (χ3n) is 1.94. The second-order valence-corrected chi connectivity index (χ2v) is 4.22. The molecule has 0 fully saturated rings. The van der Waals surface area contributed by atoms with Crippen molar-refractivity contribution in [2.24, 2.45) is 0 Å². The number of halogens is 1. The maximum atomic E-state index is 5.82. The van der Waals surface area contributed by atoms with Gasteiger partial charge in [0.15, 0.2) is 0 Å². The van der Waals surface area contributed by atoms with Crippen molar-refractivity contribution in [3.63, 3.8) is 0 Å². The summed E-state index contributed by atoms with van der Waals surface area (Å²) in [6.07, 6.45) is 2.76. The van der Waals surface area contributed by atoms with Crippen molar-refractivity contribution in [3.05, 3.63) is 29.4 Å². The van der Waals surface area contributed by atoms with Crippen molar-refractivity contribution < 1.29 is 0 Å². The first-order chi connectivity index (χ1) is 7.31. The van der Waals surface area contributed by atoms with E-state index in [2.05, 4.69) is 21.9 Å². The summed E-state index contributed by atoms with van der Waals surface area (Å²) in [6, 6.07) is 1.99. The molecule has 2 rings (SSSR count). The fraction of sp³-hybridized carbons (Fsp3) is 0.200. The maximum Gasteiger partial charge on any atom is 0.225 e. The molecular weight excluding hydrogens is 230 g/mol. The lowest BCUT2D eigenvalue weighted by atomic mass is 10.3. The minimum atomic E-state index is 0.283. The van der Waals surface area contributed by atoms with Crippen LogP contribution in [0.1, 0.15) is 6.42 Å². The van der Waals surface area contributed by atoms with Gasteiger partial charge < -0.3 is 5.32 Å². The summed E-state index contributed by atoms with van der Waals surface area (Å²) in [4.78, 5) is 9.21. The Balaban J connectivity index is 2.31. The smallest absolute Gasteiger partial charge is 0.225 e. The molecule has 3 nitrogen and oxygen atoms in total. The third-order valence-corrected chi connectivity index (χ3v) is 2.91. The largest absolute Gasteiger partial charge is 0.369 e. The maximum absolute atomic E-state index is 5.82. The van der Waals surface area contributed by atoms with Crippen molar-refractivity contribution in [2.75, 3.05) is 11.9 Å². The number of hydrogen-bond donors (Lipinski definition) is 1. The van der Waals surface area contributed by atoms with E-state index >= 15 is 0 Å². The van der Waals surface area contributed by atoms with Crippen LogP contribution >= 0.6 is 22.9 Å². The monoisotopic (exact) mass is 239 g/mol. The van der Waals surface area contributed by atoms with Gasteiger partial charge in [-0.1, -0.05) is 6.08 Å². The molecule has 2 heterocycles. The van der Waals surface area contributed by atoms with E-state index in [4.69, 9.17) is 11.6 Å². The Hall–Kier alpha value is -1.13. The van der Waals surface area contributed by atoms with Gasteiger partial charge in [0.2, 0.25) is 5.28 Å². The summed E-state index contributed by atoms with van der Waals surface area (Å²) in [5.74, 6) is 0.799. The molecule has 0 atom stereocenters. The highest BCUT2D eigenvalue weighted by atomic mass is 35.5. The number of nitrogens with zero attached hydrogens (tertiary/aromatic N) is 2. The van der Waals surface area contributed by atoms with Crippen LogP contribution in [0.3, 0.4) is 0 Å². The third kappa shape index (κ3) is 2.27. The molecule has 5 heteroatoms. The first-order valence-electron chi connectivity index (χ1n) is 4.57. The van der Waals surface area contributed by atoms with Crippen LogP contribution in [0, 0.1) is 0 Å². The van der Waals surface area contributed by atoms with Gasteiger partial charge in [0.25, 0.3) is 0 Å². The molecule has 0 aromatic carbocycles. The van der Waals surface area contributed by atoms with Gasteiger partial charge in [-0.2, -0.15) is 0 Å². The van der Waals surface area contributed by atoms with Crippen molar-refractivity contribution in [2.45, 2.75) is 6.42 Å². The average Bonchev–Trinajstić information content (AvgIpc) is 2.65. The summed E-state index contributed by atoms with van der Waals surface area (Å²) in [7, 11) is 0. The van der Waals surface area contributed by atoms with Crippen LogP contribution in [0.5, 0.6) is 0 Å². The van der Waals surface area contributed by atoms with Gasteiger partial charge in [0.1, 0.15) is 10.6 Å². The summed E-state index contributed by atoms with van der Waals surface area (Å²) in [6.45, 7) is 4.47. The Bertz CT molecular complexity index is 480. The zero-order valence-electron chi connectivity index (χ0n) is 8.03. The van der Waals surface area contributed by atoms with E-state index in [0.29, 0.717) is 0 Å². The predicted molar refractivity (Wildman–Crippen MR) is 65.7 cm³/mol. The standard InChI is InChI=1S/C10H10ClN3S/c1-2-3-5-12-8-7-4-6-15-9(7)14-10(11)13-8/h2,4,6H,1,3,5H2,(H,12,13,14). The SMILES string of the molecule is C=CCCNc1nc(Cl)nc2sccc12. The van der Waals surface area contributed by atoms with Crippen LogP contribution in [-0.4, -0.2) is 16.5 Å².